The van der Waals surface area contributed by atoms with E-state index in [9.17, 15) is 13.2 Å². The summed E-state index contributed by atoms with van der Waals surface area (Å²) in [6, 6.07) is 6.26. The zero-order valence-electron chi connectivity index (χ0n) is 13.7. The van der Waals surface area contributed by atoms with Crippen LogP contribution in [0.3, 0.4) is 0 Å². The third-order valence-electron chi connectivity index (χ3n) is 4.16. The minimum atomic E-state index is -3.35. The fourth-order valence-electron chi connectivity index (χ4n) is 2.75. The van der Waals surface area contributed by atoms with Gasteiger partial charge in [0.1, 0.15) is 0 Å². The second-order valence-corrected chi connectivity index (χ2v) is 8.01. The molecule has 0 saturated carbocycles. The Kier molecular flexibility index (Phi) is 6.59. The third-order valence-corrected chi connectivity index (χ3v) is 5.85. The second kappa shape index (κ2) is 8.45. The Labute approximate surface area is 138 Å². The van der Waals surface area contributed by atoms with Gasteiger partial charge in [-0.3, -0.25) is 4.79 Å². The number of amides is 1. The maximum absolute atomic E-state index is 12.6. The monoisotopic (exact) mass is 339 g/mol. The number of sulfone groups is 1. The van der Waals surface area contributed by atoms with Crippen LogP contribution >= 0.6 is 0 Å². The van der Waals surface area contributed by atoms with Gasteiger partial charge < -0.3 is 9.64 Å². The van der Waals surface area contributed by atoms with Gasteiger partial charge in [-0.15, -0.1) is 0 Å². The molecule has 0 bridgehead atoms. The van der Waals surface area contributed by atoms with Crippen LogP contribution in [0.4, 0.5) is 0 Å². The molecule has 0 radical (unpaired) electrons. The lowest BCUT2D eigenvalue weighted by atomic mass is 10.1. The Morgan fingerprint density at radius 3 is 2.17 bits per heavy atom. The summed E-state index contributed by atoms with van der Waals surface area (Å²) in [4.78, 5) is 14.7. The first kappa shape index (κ1) is 17.9. The molecule has 1 aliphatic heterocycles. The predicted molar refractivity (Wildman–Crippen MR) is 89.4 cm³/mol. The fraction of sp³-hybridized carbons (Fsp3) is 0.588. The van der Waals surface area contributed by atoms with E-state index in [0.29, 0.717) is 5.56 Å². The lowest BCUT2D eigenvalue weighted by molar-refractivity contribution is 0.0742. The number of likely N-dealkylation sites (tertiary alicyclic amines) is 1. The molecule has 0 atom stereocenters. The molecule has 2 rings (SSSR count). The molecular weight excluding hydrogens is 314 g/mol. The van der Waals surface area contributed by atoms with Gasteiger partial charge in [-0.25, -0.2) is 8.42 Å². The molecule has 1 amide bonds. The smallest absolute Gasteiger partial charge is 0.253 e. The Hall–Kier alpha value is -1.40. The van der Waals surface area contributed by atoms with E-state index in [0.717, 1.165) is 25.9 Å². The summed E-state index contributed by atoms with van der Waals surface area (Å²) in [7, 11) is -1.88. The first-order chi connectivity index (χ1) is 11.0. The number of benzene rings is 1. The van der Waals surface area contributed by atoms with Gasteiger partial charge in [-0.2, -0.15) is 0 Å². The Bertz CT molecular complexity index is 602. The standard InChI is InChI=1S/C17H25NO4S/c1-22-13-14-23(20,21)16-9-7-15(8-10-16)17(19)18-11-5-3-2-4-6-12-18/h7-10H,2-6,11-14H2,1H3. The molecule has 5 nitrogen and oxygen atoms in total. The summed E-state index contributed by atoms with van der Waals surface area (Å²) in [5.41, 5.74) is 0.552. The highest BCUT2D eigenvalue weighted by molar-refractivity contribution is 7.91. The molecule has 128 valence electrons. The van der Waals surface area contributed by atoms with Crippen molar-refractivity contribution in [1.29, 1.82) is 0 Å². The molecule has 1 heterocycles. The largest absolute Gasteiger partial charge is 0.384 e. The van der Waals surface area contributed by atoms with Crippen LogP contribution in [-0.2, 0) is 14.6 Å². The molecular formula is C17H25NO4S. The van der Waals surface area contributed by atoms with Gasteiger partial charge in [0.2, 0.25) is 0 Å². The summed E-state index contributed by atoms with van der Waals surface area (Å²) in [5, 5.41) is 0. The van der Waals surface area contributed by atoms with Crippen molar-refractivity contribution in [3.05, 3.63) is 29.8 Å². The highest BCUT2D eigenvalue weighted by Gasteiger charge is 2.18. The molecule has 1 saturated heterocycles. The van der Waals surface area contributed by atoms with Gasteiger partial charge >= 0.3 is 0 Å². The van der Waals surface area contributed by atoms with Crippen molar-refractivity contribution in [2.45, 2.75) is 37.0 Å². The lowest BCUT2D eigenvalue weighted by Gasteiger charge is -2.24. The van der Waals surface area contributed by atoms with Gasteiger partial charge in [0.05, 0.1) is 17.3 Å². The van der Waals surface area contributed by atoms with Crippen LogP contribution < -0.4 is 0 Å². The second-order valence-electron chi connectivity index (χ2n) is 5.90. The molecule has 23 heavy (non-hydrogen) atoms. The minimum absolute atomic E-state index is 0.00672. The van der Waals surface area contributed by atoms with Crippen molar-refractivity contribution in [2.24, 2.45) is 0 Å². The number of nitrogens with zero attached hydrogens (tertiary/aromatic N) is 1. The van der Waals surface area contributed by atoms with E-state index in [4.69, 9.17) is 4.74 Å². The van der Waals surface area contributed by atoms with E-state index in [2.05, 4.69) is 0 Å². The molecule has 1 fully saturated rings. The Morgan fingerprint density at radius 2 is 1.61 bits per heavy atom. The molecule has 0 N–H and O–H groups in total. The van der Waals surface area contributed by atoms with Crippen molar-refractivity contribution in [3.63, 3.8) is 0 Å². The molecule has 0 unspecified atom stereocenters. The first-order valence-electron chi connectivity index (χ1n) is 8.15. The number of hydrogen-bond acceptors (Lipinski definition) is 4. The van der Waals surface area contributed by atoms with E-state index in [1.54, 1.807) is 12.1 Å². The van der Waals surface area contributed by atoms with Crippen LogP contribution in [0.1, 0.15) is 42.5 Å². The van der Waals surface area contributed by atoms with Crippen molar-refractivity contribution in [3.8, 4) is 0 Å². The van der Waals surface area contributed by atoms with Crippen LogP contribution in [0.25, 0.3) is 0 Å². The maximum Gasteiger partial charge on any atom is 0.253 e. The average molecular weight is 339 g/mol. The zero-order chi connectivity index (χ0) is 16.7. The van der Waals surface area contributed by atoms with Gasteiger partial charge in [-0.1, -0.05) is 19.3 Å². The summed E-state index contributed by atoms with van der Waals surface area (Å²) in [6.45, 7) is 1.73. The minimum Gasteiger partial charge on any atom is -0.384 e. The van der Waals surface area contributed by atoms with Gasteiger partial charge in [0, 0.05) is 25.8 Å². The van der Waals surface area contributed by atoms with E-state index in [1.165, 1.54) is 38.5 Å². The topological polar surface area (TPSA) is 63.7 Å². The lowest BCUT2D eigenvalue weighted by Crippen LogP contribution is -2.33. The summed E-state index contributed by atoms with van der Waals surface area (Å²) < 4.78 is 29.0. The van der Waals surface area contributed by atoms with Crippen LogP contribution in [0.5, 0.6) is 0 Å². The molecule has 1 aromatic rings. The number of carbonyl (C=O) groups is 1. The fourth-order valence-corrected chi connectivity index (χ4v) is 3.92. The average Bonchev–Trinajstić information content (AvgIpc) is 2.52. The zero-order valence-corrected chi connectivity index (χ0v) is 14.5. The molecule has 1 aliphatic rings. The van der Waals surface area contributed by atoms with E-state index < -0.39 is 9.84 Å². The number of methoxy groups -OCH3 is 1. The Morgan fingerprint density at radius 1 is 1.04 bits per heavy atom. The van der Waals surface area contributed by atoms with Crippen molar-refractivity contribution in [2.75, 3.05) is 32.6 Å². The van der Waals surface area contributed by atoms with E-state index in [-0.39, 0.29) is 23.2 Å². The molecule has 6 heteroatoms. The number of rotatable bonds is 5. The van der Waals surface area contributed by atoms with Crippen LogP contribution in [0.15, 0.2) is 29.2 Å². The SMILES string of the molecule is COCCS(=O)(=O)c1ccc(C(=O)N2CCCCCCC2)cc1. The van der Waals surface area contributed by atoms with Gasteiger partial charge in [-0.05, 0) is 37.1 Å². The molecule has 0 spiro atoms. The number of hydrogen-bond donors (Lipinski definition) is 0. The number of ether oxygens (including phenoxy) is 1. The quantitative estimate of drug-likeness (QED) is 0.827. The summed E-state index contributed by atoms with van der Waals surface area (Å²) >= 11 is 0. The normalized spacial score (nSPS) is 16.7. The first-order valence-corrected chi connectivity index (χ1v) is 9.81. The maximum atomic E-state index is 12.6. The predicted octanol–water partition coefficient (Wildman–Crippen LogP) is 2.51. The van der Waals surface area contributed by atoms with Crippen LogP contribution in [0.2, 0.25) is 0 Å². The highest BCUT2D eigenvalue weighted by atomic mass is 32.2. The molecule has 0 aromatic heterocycles. The van der Waals surface area contributed by atoms with Crippen molar-refractivity contribution >= 4 is 15.7 Å². The van der Waals surface area contributed by atoms with Gasteiger partial charge in [0.25, 0.3) is 5.91 Å². The summed E-state index contributed by atoms with van der Waals surface area (Å²) in [6.07, 6.45) is 5.65. The van der Waals surface area contributed by atoms with Crippen molar-refractivity contribution < 1.29 is 17.9 Å². The molecule has 0 aliphatic carbocycles. The Balaban J connectivity index is 2.07. The highest BCUT2D eigenvalue weighted by Crippen LogP contribution is 2.16. The van der Waals surface area contributed by atoms with Gasteiger partial charge in [0.15, 0.2) is 9.84 Å². The molecule has 1 aromatic carbocycles. The third kappa shape index (κ3) is 5.04. The summed E-state index contributed by atoms with van der Waals surface area (Å²) in [5.74, 6) is -0.0594. The van der Waals surface area contributed by atoms with Crippen LogP contribution in [0, 0.1) is 0 Å². The van der Waals surface area contributed by atoms with Crippen LogP contribution in [-0.4, -0.2) is 51.8 Å². The van der Waals surface area contributed by atoms with E-state index in [1.807, 2.05) is 4.90 Å². The number of carbonyl (C=O) groups excluding carboxylic acids is 1. The van der Waals surface area contributed by atoms with E-state index >= 15 is 0 Å². The van der Waals surface area contributed by atoms with Crippen molar-refractivity contribution in [1.82, 2.24) is 4.90 Å².